The van der Waals surface area contributed by atoms with E-state index >= 15 is 0 Å². The van der Waals surface area contributed by atoms with Crippen LogP contribution >= 0.6 is 11.6 Å². The minimum Gasteiger partial charge on any atom is -0.495 e. The third-order valence-corrected chi connectivity index (χ3v) is 2.08. The van der Waals surface area contributed by atoms with Gasteiger partial charge in [0.05, 0.1) is 12.1 Å². The highest BCUT2D eigenvalue weighted by molar-refractivity contribution is 6.32. The SMILES string of the molecule is COc1cc(C)c(C(=N)N)cc1Cl. The van der Waals surface area contributed by atoms with Crippen LogP contribution in [0, 0.1) is 12.3 Å². The van der Waals surface area contributed by atoms with Crippen LogP contribution in [0.2, 0.25) is 5.02 Å². The Bertz CT molecular complexity index is 350. The molecule has 70 valence electrons. The monoisotopic (exact) mass is 198 g/mol. The van der Waals surface area contributed by atoms with Gasteiger partial charge >= 0.3 is 0 Å². The number of nitrogens with one attached hydrogen (secondary N) is 1. The smallest absolute Gasteiger partial charge is 0.137 e. The van der Waals surface area contributed by atoms with Crippen LogP contribution in [0.1, 0.15) is 11.1 Å². The van der Waals surface area contributed by atoms with Crippen molar-refractivity contribution < 1.29 is 4.74 Å². The van der Waals surface area contributed by atoms with E-state index in [0.717, 1.165) is 5.56 Å². The van der Waals surface area contributed by atoms with Crippen LogP contribution in [0.3, 0.4) is 0 Å². The van der Waals surface area contributed by atoms with E-state index in [-0.39, 0.29) is 5.84 Å². The molecule has 0 aliphatic heterocycles. The van der Waals surface area contributed by atoms with Crippen LogP contribution in [-0.2, 0) is 0 Å². The van der Waals surface area contributed by atoms with Gasteiger partial charge in [-0.25, -0.2) is 0 Å². The summed E-state index contributed by atoms with van der Waals surface area (Å²) >= 11 is 5.87. The largest absolute Gasteiger partial charge is 0.495 e. The van der Waals surface area contributed by atoms with Crippen LogP contribution in [0.5, 0.6) is 5.75 Å². The molecular weight excluding hydrogens is 188 g/mol. The Labute approximate surface area is 82.0 Å². The molecular formula is C9H11ClN2O. The van der Waals surface area contributed by atoms with Gasteiger partial charge in [0.2, 0.25) is 0 Å². The van der Waals surface area contributed by atoms with E-state index < -0.39 is 0 Å². The first-order valence-corrected chi connectivity index (χ1v) is 4.12. The normalized spacial score (nSPS) is 9.77. The Morgan fingerprint density at radius 2 is 2.15 bits per heavy atom. The average Bonchev–Trinajstić information content (AvgIpc) is 2.07. The first kappa shape index (κ1) is 9.86. The van der Waals surface area contributed by atoms with Gasteiger partial charge < -0.3 is 10.5 Å². The van der Waals surface area contributed by atoms with E-state index in [9.17, 15) is 0 Å². The number of nitrogens with two attached hydrogens (primary N) is 1. The van der Waals surface area contributed by atoms with E-state index in [2.05, 4.69) is 0 Å². The number of nitrogen functional groups attached to an aromatic ring is 1. The second-order valence-corrected chi connectivity index (χ2v) is 3.12. The lowest BCUT2D eigenvalue weighted by molar-refractivity contribution is 0.414. The van der Waals surface area contributed by atoms with Crippen LogP contribution in [-0.4, -0.2) is 12.9 Å². The van der Waals surface area contributed by atoms with Crippen molar-refractivity contribution in [2.24, 2.45) is 5.73 Å². The van der Waals surface area contributed by atoms with Gasteiger partial charge in [0.25, 0.3) is 0 Å². The molecule has 0 unspecified atom stereocenters. The lowest BCUT2D eigenvalue weighted by Crippen LogP contribution is -2.12. The molecule has 0 atom stereocenters. The summed E-state index contributed by atoms with van der Waals surface area (Å²) in [5, 5.41) is 7.75. The van der Waals surface area contributed by atoms with Crippen LogP contribution in [0.25, 0.3) is 0 Å². The van der Waals surface area contributed by atoms with Gasteiger partial charge in [-0.15, -0.1) is 0 Å². The molecule has 0 spiro atoms. The summed E-state index contributed by atoms with van der Waals surface area (Å²) < 4.78 is 5.02. The van der Waals surface area contributed by atoms with Gasteiger partial charge in [-0.05, 0) is 24.6 Å². The maximum atomic E-state index is 7.28. The number of methoxy groups -OCH3 is 1. The average molecular weight is 199 g/mol. The molecule has 4 heteroatoms. The quantitative estimate of drug-likeness (QED) is 0.564. The molecule has 13 heavy (non-hydrogen) atoms. The third kappa shape index (κ3) is 1.92. The molecule has 0 radical (unpaired) electrons. The Kier molecular flexibility index (Phi) is 2.78. The van der Waals surface area contributed by atoms with Crippen molar-refractivity contribution in [3.8, 4) is 5.75 Å². The minimum atomic E-state index is 0.0158. The Morgan fingerprint density at radius 1 is 1.54 bits per heavy atom. The maximum absolute atomic E-state index is 7.28. The van der Waals surface area contributed by atoms with Gasteiger partial charge in [0.15, 0.2) is 0 Å². The number of amidine groups is 1. The Balaban J connectivity index is 3.28. The molecule has 0 aliphatic carbocycles. The number of aryl methyl sites for hydroxylation is 1. The summed E-state index contributed by atoms with van der Waals surface area (Å²) in [6.07, 6.45) is 0. The lowest BCUT2D eigenvalue weighted by Gasteiger charge is -2.08. The molecule has 3 nitrogen and oxygen atoms in total. The highest BCUT2D eigenvalue weighted by Crippen LogP contribution is 2.27. The highest BCUT2D eigenvalue weighted by atomic mass is 35.5. The fourth-order valence-electron chi connectivity index (χ4n) is 1.10. The van der Waals surface area contributed by atoms with Gasteiger partial charge in [-0.1, -0.05) is 11.6 Å². The first-order valence-electron chi connectivity index (χ1n) is 3.74. The molecule has 0 aliphatic rings. The van der Waals surface area contributed by atoms with Gasteiger partial charge in [-0.3, -0.25) is 5.41 Å². The summed E-state index contributed by atoms with van der Waals surface area (Å²) in [6.45, 7) is 1.86. The van der Waals surface area contributed by atoms with Crippen molar-refractivity contribution in [2.75, 3.05) is 7.11 Å². The third-order valence-electron chi connectivity index (χ3n) is 1.79. The minimum absolute atomic E-state index is 0.0158. The van der Waals surface area contributed by atoms with E-state index in [1.54, 1.807) is 19.2 Å². The van der Waals surface area contributed by atoms with E-state index in [0.29, 0.717) is 16.3 Å². The van der Waals surface area contributed by atoms with Crippen molar-refractivity contribution >= 4 is 17.4 Å². The van der Waals surface area contributed by atoms with E-state index in [1.807, 2.05) is 6.92 Å². The van der Waals surface area contributed by atoms with Crippen LogP contribution in [0.4, 0.5) is 0 Å². The predicted octanol–water partition coefficient (Wildman–Crippen LogP) is 1.94. The number of rotatable bonds is 2. The van der Waals surface area contributed by atoms with Crippen LogP contribution in [0.15, 0.2) is 12.1 Å². The fraction of sp³-hybridized carbons (Fsp3) is 0.222. The standard InChI is InChI=1S/C9H11ClN2O/c1-5-3-8(13-2)7(10)4-6(5)9(11)12/h3-4H,1-2H3,(H3,11,12). The molecule has 0 saturated carbocycles. The van der Waals surface area contributed by atoms with Crippen molar-refractivity contribution in [2.45, 2.75) is 6.92 Å². The predicted molar refractivity (Wildman–Crippen MR) is 53.8 cm³/mol. The lowest BCUT2D eigenvalue weighted by atomic mass is 10.1. The molecule has 0 aromatic heterocycles. The summed E-state index contributed by atoms with van der Waals surface area (Å²) in [4.78, 5) is 0. The van der Waals surface area contributed by atoms with Crippen LogP contribution < -0.4 is 10.5 Å². The summed E-state index contributed by atoms with van der Waals surface area (Å²) in [7, 11) is 1.55. The molecule has 1 aromatic carbocycles. The molecule has 0 heterocycles. The summed E-state index contributed by atoms with van der Waals surface area (Å²) in [5.74, 6) is 0.617. The van der Waals surface area contributed by atoms with Crippen molar-refractivity contribution in [3.63, 3.8) is 0 Å². The Morgan fingerprint density at radius 3 is 2.62 bits per heavy atom. The zero-order valence-electron chi connectivity index (χ0n) is 7.52. The number of hydrogen-bond acceptors (Lipinski definition) is 2. The molecule has 3 N–H and O–H groups in total. The number of ether oxygens (including phenoxy) is 1. The second-order valence-electron chi connectivity index (χ2n) is 2.72. The topological polar surface area (TPSA) is 59.1 Å². The molecule has 1 aromatic rings. The Hall–Kier alpha value is -1.22. The van der Waals surface area contributed by atoms with Gasteiger partial charge in [0, 0.05) is 5.56 Å². The van der Waals surface area contributed by atoms with Crippen molar-refractivity contribution in [1.29, 1.82) is 5.41 Å². The zero-order valence-corrected chi connectivity index (χ0v) is 8.27. The van der Waals surface area contributed by atoms with Gasteiger partial charge in [0.1, 0.15) is 11.6 Å². The second kappa shape index (κ2) is 3.66. The first-order chi connectivity index (χ1) is 6.06. The molecule has 0 fully saturated rings. The highest BCUT2D eigenvalue weighted by Gasteiger charge is 2.07. The fourth-order valence-corrected chi connectivity index (χ4v) is 1.34. The van der Waals surface area contributed by atoms with Gasteiger partial charge in [-0.2, -0.15) is 0 Å². The van der Waals surface area contributed by atoms with Crippen molar-refractivity contribution in [1.82, 2.24) is 0 Å². The van der Waals surface area contributed by atoms with Crippen molar-refractivity contribution in [3.05, 3.63) is 28.3 Å². The van der Waals surface area contributed by atoms with E-state index in [1.165, 1.54) is 0 Å². The zero-order chi connectivity index (χ0) is 10.0. The summed E-state index contributed by atoms with van der Waals surface area (Å²) in [5.41, 5.74) is 6.89. The molecule has 0 bridgehead atoms. The maximum Gasteiger partial charge on any atom is 0.137 e. The number of benzene rings is 1. The summed E-state index contributed by atoms with van der Waals surface area (Å²) in [6, 6.07) is 3.40. The number of halogens is 1. The molecule has 0 amide bonds. The number of hydrogen-bond donors (Lipinski definition) is 2. The molecule has 1 rings (SSSR count). The molecule has 0 saturated heterocycles. The van der Waals surface area contributed by atoms with E-state index in [4.69, 9.17) is 27.5 Å².